The molecule has 6 heteroatoms. The van der Waals surface area contributed by atoms with Gasteiger partial charge in [-0.15, -0.1) is 0 Å². The number of hydrogen-bond donors (Lipinski definition) is 1. The molecule has 1 aliphatic heterocycles. The van der Waals surface area contributed by atoms with Crippen molar-refractivity contribution >= 4 is 0 Å². The van der Waals surface area contributed by atoms with E-state index in [4.69, 9.17) is 4.74 Å². The van der Waals surface area contributed by atoms with Crippen LogP contribution in [0.3, 0.4) is 0 Å². The number of nitrogens with one attached hydrogen (secondary N) is 1. The summed E-state index contributed by atoms with van der Waals surface area (Å²) >= 11 is 0. The van der Waals surface area contributed by atoms with E-state index in [-0.39, 0.29) is 5.75 Å². The van der Waals surface area contributed by atoms with Crippen molar-refractivity contribution < 1.29 is 18.3 Å². The fourth-order valence-corrected chi connectivity index (χ4v) is 2.49. The fraction of sp³-hybridized carbons (Fsp3) is 0.600. The van der Waals surface area contributed by atoms with Gasteiger partial charge in [0.2, 0.25) is 0 Å². The lowest BCUT2D eigenvalue weighted by Gasteiger charge is -2.15. The van der Waals surface area contributed by atoms with E-state index in [1.165, 1.54) is 6.07 Å². The zero-order valence-corrected chi connectivity index (χ0v) is 12.4. The van der Waals surface area contributed by atoms with Crippen molar-refractivity contribution in [2.45, 2.75) is 32.5 Å². The van der Waals surface area contributed by atoms with Crippen LogP contribution in [0, 0.1) is 0 Å². The third-order valence-corrected chi connectivity index (χ3v) is 3.51. The van der Waals surface area contributed by atoms with Gasteiger partial charge in [0.25, 0.3) is 0 Å². The van der Waals surface area contributed by atoms with Crippen molar-refractivity contribution in [3.63, 3.8) is 0 Å². The van der Waals surface area contributed by atoms with Crippen LogP contribution in [0.5, 0.6) is 11.5 Å². The maximum Gasteiger partial charge on any atom is 0.387 e. The fourth-order valence-electron chi connectivity index (χ4n) is 2.49. The Morgan fingerprint density at radius 1 is 1.38 bits per heavy atom. The lowest BCUT2D eigenvalue weighted by atomic mass is 10.1. The largest absolute Gasteiger partial charge is 0.490 e. The van der Waals surface area contributed by atoms with Crippen molar-refractivity contribution in [2.24, 2.45) is 0 Å². The number of alkyl halides is 2. The van der Waals surface area contributed by atoms with E-state index in [1.807, 2.05) is 6.92 Å². The van der Waals surface area contributed by atoms with Crippen LogP contribution in [0.15, 0.2) is 18.2 Å². The van der Waals surface area contributed by atoms with Crippen LogP contribution in [-0.4, -0.2) is 44.3 Å². The van der Waals surface area contributed by atoms with Gasteiger partial charge in [0, 0.05) is 19.1 Å². The first-order valence-corrected chi connectivity index (χ1v) is 7.21. The highest BCUT2D eigenvalue weighted by molar-refractivity contribution is 5.43. The third-order valence-electron chi connectivity index (χ3n) is 3.51. The van der Waals surface area contributed by atoms with Crippen LogP contribution in [0.25, 0.3) is 0 Å². The number of rotatable bonds is 7. The van der Waals surface area contributed by atoms with Gasteiger partial charge in [-0.3, -0.25) is 0 Å². The van der Waals surface area contributed by atoms with E-state index in [2.05, 4.69) is 22.0 Å². The molecule has 2 rings (SSSR count). The molecule has 0 amide bonds. The Balaban J connectivity index is 1.97. The molecule has 1 heterocycles. The zero-order chi connectivity index (χ0) is 15.2. The summed E-state index contributed by atoms with van der Waals surface area (Å²) in [6.45, 7) is 2.19. The van der Waals surface area contributed by atoms with Crippen LogP contribution in [0.2, 0.25) is 0 Å². The van der Waals surface area contributed by atoms with Gasteiger partial charge >= 0.3 is 6.61 Å². The van der Waals surface area contributed by atoms with E-state index in [0.717, 1.165) is 25.1 Å². The normalized spacial score (nSPS) is 19.2. The molecule has 1 aromatic rings. The highest BCUT2D eigenvalue weighted by Gasteiger charge is 2.19. The summed E-state index contributed by atoms with van der Waals surface area (Å²) in [6.07, 6.45) is 1.13. The molecule has 0 spiro atoms. The van der Waals surface area contributed by atoms with Gasteiger partial charge in [-0.05, 0) is 44.6 Å². The Bertz CT molecular complexity index is 457. The van der Waals surface area contributed by atoms with E-state index < -0.39 is 6.61 Å². The van der Waals surface area contributed by atoms with Gasteiger partial charge in [0.1, 0.15) is 0 Å². The van der Waals surface area contributed by atoms with E-state index in [9.17, 15) is 8.78 Å². The van der Waals surface area contributed by atoms with E-state index in [1.54, 1.807) is 12.1 Å². The first-order valence-electron chi connectivity index (χ1n) is 7.21. The highest BCUT2D eigenvalue weighted by Crippen LogP contribution is 2.30. The van der Waals surface area contributed by atoms with Crippen molar-refractivity contribution in [1.82, 2.24) is 10.2 Å². The molecule has 0 radical (unpaired) electrons. The lowest BCUT2D eigenvalue weighted by Crippen LogP contribution is -2.30. The molecule has 118 valence electrons. The number of benzene rings is 1. The second kappa shape index (κ2) is 7.56. The molecule has 1 unspecified atom stereocenters. The van der Waals surface area contributed by atoms with Crippen molar-refractivity contribution in [3.05, 3.63) is 23.8 Å². The number of halogens is 2. The number of likely N-dealkylation sites (tertiary alicyclic amines) is 1. The molecule has 0 bridgehead atoms. The second-order valence-electron chi connectivity index (χ2n) is 5.22. The number of likely N-dealkylation sites (N-methyl/N-ethyl adjacent to an activating group) is 1. The summed E-state index contributed by atoms with van der Waals surface area (Å²) in [5.41, 5.74) is 0.995. The van der Waals surface area contributed by atoms with Gasteiger partial charge in [-0.25, -0.2) is 0 Å². The van der Waals surface area contributed by atoms with Crippen LogP contribution >= 0.6 is 0 Å². The Hall–Kier alpha value is -1.40. The standard InChI is InChI=1S/C15H22F2N2O2/c1-3-20-14-8-11(4-5-13(14)21-15(16)17)9-18-12-6-7-19(2)10-12/h4-5,8,12,15,18H,3,6-7,9-10H2,1-2H3. The smallest absolute Gasteiger partial charge is 0.387 e. The first-order chi connectivity index (χ1) is 10.1. The molecular formula is C15H22F2N2O2. The Kier molecular flexibility index (Phi) is 5.76. The SMILES string of the molecule is CCOc1cc(CNC2CCN(C)C2)ccc1OC(F)F. The summed E-state index contributed by atoms with van der Waals surface area (Å²) < 4.78 is 34.5. The van der Waals surface area contributed by atoms with Crippen LogP contribution in [0.1, 0.15) is 18.9 Å². The predicted octanol–water partition coefficient (Wildman–Crippen LogP) is 2.48. The quantitative estimate of drug-likeness (QED) is 0.839. The Morgan fingerprint density at radius 2 is 2.19 bits per heavy atom. The molecule has 21 heavy (non-hydrogen) atoms. The summed E-state index contributed by atoms with van der Waals surface area (Å²) in [5, 5.41) is 3.47. The maximum atomic E-state index is 12.3. The molecular weight excluding hydrogens is 278 g/mol. The second-order valence-corrected chi connectivity index (χ2v) is 5.22. The number of ether oxygens (including phenoxy) is 2. The van der Waals surface area contributed by atoms with Crippen molar-refractivity contribution in [1.29, 1.82) is 0 Å². The molecule has 1 aliphatic rings. The maximum absolute atomic E-state index is 12.3. The summed E-state index contributed by atoms with van der Waals surface area (Å²) in [4.78, 5) is 2.28. The molecule has 4 nitrogen and oxygen atoms in total. The van der Waals surface area contributed by atoms with Crippen LogP contribution in [-0.2, 0) is 6.54 Å². The molecule has 0 aliphatic carbocycles. The first kappa shape index (κ1) is 16.0. The molecule has 0 aromatic heterocycles. The molecule has 0 saturated carbocycles. The monoisotopic (exact) mass is 300 g/mol. The van der Waals surface area contributed by atoms with E-state index in [0.29, 0.717) is 24.9 Å². The van der Waals surface area contributed by atoms with Crippen molar-refractivity contribution in [2.75, 3.05) is 26.7 Å². The van der Waals surface area contributed by atoms with Gasteiger partial charge in [0.15, 0.2) is 11.5 Å². The summed E-state index contributed by atoms with van der Waals surface area (Å²) in [6, 6.07) is 5.55. The lowest BCUT2D eigenvalue weighted by molar-refractivity contribution is -0.0514. The van der Waals surface area contributed by atoms with Crippen molar-refractivity contribution in [3.8, 4) is 11.5 Å². The third kappa shape index (κ3) is 4.82. The molecule has 1 N–H and O–H groups in total. The van der Waals surface area contributed by atoms with Crippen LogP contribution < -0.4 is 14.8 Å². The Morgan fingerprint density at radius 3 is 2.81 bits per heavy atom. The minimum Gasteiger partial charge on any atom is -0.490 e. The summed E-state index contributed by atoms with van der Waals surface area (Å²) in [5.74, 6) is 0.442. The number of hydrogen-bond acceptors (Lipinski definition) is 4. The average Bonchev–Trinajstić information content (AvgIpc) is 2.84. The molecule has 1 fully saturated rings. The topological polar surface area (TPSA) is 33.7 Å². The average molecular weight is 300 g/mol. The molecule has 1 atom stereocenters. The molecule has 1 aromatic carbocycles. The van der Waals surface area contributed by atoms with Gasteiger partial charge in [-0.1, -0.05) is 6.07 Å². The highest BCUT2D eigenvalue weighted by atomic mass is 19.3. The Labute approximate surface area is 124 Å². The molecule has 1 saturated heterocycles. The summed E-state index contributed by atoms with van der Waals surface area (Å²) in [7, 11) is 2.10. The van der Waals surface area contributed by atoms with Gasteiger partial charge < -0.3 is 19.7 Å². The van der Waals surface area contributed by atoms with E-state index >= 15 is 0 Å². The predicted molar refractivity (Wildman–Crippen MR) is 77.0 cm³/mol. The minimum absolute atomic E-state index is 0.0798. The number of nitrogens with zero attached hydrogens (tertiary/aromatic N) is 1. The van der Waals surface area contributed by atoms with Gasteiger partial charge in [0.05, 0.1) is 6.61 Å². The zero-order valence-electron chi connectivity index (χ0n) is 12.4. The minimum atomic E-state index is -2.85. The van der Waals surface area contributed by atoms with Crippen LogP contribution in [0.4, 0.5) is 8.78 Å². The van der Waals surface area contributed by atoms with Gasteiger partial charge in [-0.2, -0.15) is 8.78 Å².